The summed E-state index contributed by atoms with van der Waals surface area (Å²) >= 11 is 0. The molecular weight excluding hydrogens is 380 g/mol. The van der Waals surface area contributed by atoms with Crippen LogP contribution in [0.1, 0.15) is 46.2 Å². The maximum Gasteiger partial charge on any atom is 0.0477 e. The summed E-state index contributed by atoms with van der Waals surface area (Å²) in [6, 6.07) is 12.6. The van der Waals surface area contributed by atoms with Crippen LogP contribution in [0.25, 0.3) is 0 Å². The molecule has 0 radical (unpaired) electrons. The van der Waals surface area contributed by atoms with Crippen molar-refractivity contribution in [1.29, 1.82) is 0 Å². The van der Waals surface area contributed by atoms with Gasteiger partial charge < -0.3 is 5.32 Å². The Labute approximate surface area is 145 Å². The Morgan fingerprint density at radius 2 is 1.40 bits per heavy atom. The molecule has 2 nitrogen and oxygen atoms in total. The highest BCUT2D eigenvalue weighted by atomic mass is 79.9. The number of benzene rings is 1. The molecule has 2 atom stereocenters. The second-order valence-electron chi connectivity index (χ2n) is 5.71. The summed E-state index contributed by atoms with van der Waals surface area (Å²) in [6.45, 7) is 11.2. The first-order valence-electron chi connectivity index (χ1n) is 6.96. The predicted molar refractivity (Wildman–Crippen MR) is 100 cm³/mol. The second kappa shape index (κ2) is 10.8. The predicted octanol–water partition coefficient (Wildman–Crippen LogP) is 4.61. The van der Waals surface area contributed by atoms with Gasteiger partial charge in [-0.15, -0.1) is 34.0 Å². The molecule has 0 saturated carbocycles. The highest BCUT2D eigenvalue weighted by molar-refractivity contribution is 8.93. The summed E-state index contributed by atoms with van der Waals surface area (Å²) in [5.41, 5.74) is 1.37. The Balaban J connectivity index is 0. The van der Waals surface area contributed by atoms with Crippen LogP contribution >= 0.6 is 34.0 Å². The number of nitrogens with zero attached hydrogens (tertiary/aromatic N) is 1. The molecule has 0 aromatic heterocycles. The Morgan fingerprint density at radius 3 is 1.80 bits per heavy atom. The minimum Gasteiger partial charge on any atom is -0.306 e. The Kier molecular flexibility index (Phi) is 12.1. The standard InChI is InChI=1S/C16H28N2.2BrH/c1-12(2)17-16(14(5)18(6)13(3)4)15-10-8-7-9-11-15;;/h7-14,16-17H,1-6H3;2*1H. The Morgan fingerprint density at radius 1 is 0.900 bits per heavy atom. The van der Waals surface area contributed by atoms with Crippen LogP contribution in [0.15, 0.2) is 30.3 Å². The topological polar surface area (TPSA) is 15.3 Å². The maximum atomic E-state index is 3.69. The van der Waals surface area contributed by atoms with E-state index < -0.39 is 0 Å². The zero-order valence-corrected chi connectivity index (χ0v) is 16.9. The molecule has 1 N–H and O–H groups in total. The summed E-state index contributed by atoms with van der Waals surface area (Å²) in [5, 5.41) is 3.69. The third-order valence-electron chi connectivity index (χ3n) is 3.61. The van der Waals surface area contributed by atoms with Crippen molar-refractivity contribution in [1.82, 2.24) is 10.2 Å². The van der Waals surface area contributed by atoms with Crippen LogP contribution in [0, 0.1) is 0 Å². The average Bonchev–Trinajstić information content (AvgIpc) is 2.35. The van der Waals surface area contributed by atoms with E-state index in [2.05, 4.69) is 82.2 Å². The Bertz CT molecular complexity index is 342. The first-order chi connectivity index (χ1) is 8.43. The van der Waals surface area contributed by atoms with E-state index in [1.807, 2.05) is 0 Å². The summed E-state index contributed by atoms with van der Waals surface area (Å²) in [4.78, 5) is 2.42. The lowest BCUT2D eigenvalue weighted by Gasteiger charge is -2.36. The lowest BCUT2D eigenvalue weighted by Crippen LogP contribution is -2.45. The molecular formula is C16H30Br2N2. The van der Waals surface area contributed by atoms with E-state index in [1.165, 1.54) is 5.56 Å². The first kappa shape index (κ1) is 22.4. The van der Waals surface area contributed by atoms with E-state index in [-0.39, 0.29) is 34.0 Å². The summed E-state index contributed by atoms with van der Waals surface area (Å²) in [5.74, 6) is 0. The molecule has 0 amide bonds. The zero-order valence-electron chi connectivity index (χ0n) is 13.5. The van der Waals surface area contributed by atoms with Gasteiger partial charge in [-0.2, -0.15) is 0 Å². The quantitative estimate of drug-likeness (QED) is 0.737. The molecule has 1 rings (SSSR count). The van der Waals surface area contributed by atoms with Gasteiger partial charge in [0.25, 0.3) is 0 Å². The molecule has 0 fully saturated rings. The Hall–Kier alpha value is 0.1000. The molecule has 0 aliphatic heterocycles. The largest absolute Gasteiger partial charge is 0.306 e. The van der Waals surface area contributed by atoms with Crippen molar-refractivity contribution in [3.05, 3.63) is 35.9 Å². The number of likely N-dealkylation sites (N-methyl/N-ethyl adjacent to an activating group) is 1. The second-order valence-corrected chi connectivity index (χ2v) is 5.71. The lowest BCUT2D eigenvalue weighted by atomic mass is 9.98. The molecule has 0 aliphatic rings. The zero-order chi connectivity index (χ0) is 13.7. The van der Waals surface area contributed by atoms with Crippen molar-refractivity contribution in [2.75, 3.05) is 7.05 Å². The van der Waals surface area contributed by atoms with E-state index in [0.29, 0.717) is 24.2 Å². The fraction of sp³-hybridized carbons (Fsp3) is 0.625. The van der Waals surface area contributed by atoms with Crippen molar-refractivity contribution in [2.45, 2.75) is 58.8 Å². The van der Waals surface area contributed by atoms with Crippen molar-refractivity contribution < 1.29 is 0 Å². The van der Waals surface area contributed by atoms with Crippen LogP contribution in [0.3, 0.4) is 0 Å². The van der Waals surface area contributed by atoms with Gasteiger partial charge in [0.1, 0.15) is 0 Å². The van der Waals surface area contributed by atoms with Gasteiger partial charge in [0, 0.05) is 24.2 Å². The molecule has 1 aromatic carbocycles. The van der Waals surface area contributed by atoms with Gasteiger partial charge in [-0.25, -0.2) is 0 Å². The number of rotatable bonds is 6. The van der Waals surface area contributed by atoms with Gasteiger partial charge in [0.2, 0.25) is 0 Å². The summed E-state index contributed by atoms with van der Waals surface area (Å²) in [6.07, 6.45) is 0. The number of hydrogen-bond donors (Lipinski definition) is 1. The summed E-state index contributed by atoms with van der Waals surface area (Å²) in [7, 11) is 2.20. The van der Waals surface area contributed by atoms with Gasteiger partial charge >= 0.3 is 0 Å². The molecule has 0 bridgehead atoms. The average molecular weight is 410 g/mol. The van der Waals surface area contributed by atoms with E-state index in [4.69, 9.17) is 0 Å². The smallest absolute Gasteiger partial charge is 0.0477 e. The van der Waals surface area contributed by atoms with Gasteiger partial charge in [-0.05, 0) is 33.4 Å². The summed E-state index contributed by atoms with van der Waals surface area (Å²) < 4.78 is 0. The van der Waals surface area contributed by atoms with Crippen molar-refractivity contribution in [2.24, 2.45) is 0 Å². The van der Waals surface area contributed by atoms with Crippen molar-refractivity contribution in [3.8, 4) is 0 Å². The molecule has 4 heteroatoms. The third-order valence-corrected chi connectivity index (χ3v) is 3.61. The van der Waals surface area contributed by atoms with Gasteiger partial charge in [-0.1, -0.05) is 44.2 Å². The van der Waals surface area contributed by atoms with Gasteiger partial charge in [0.15, 0.2) is 0 Å². The van der Waals surface area contributed by atoms with Crippen LogP contribution in [0.5, 0.6) is 0 Å². The SMILES string of the molecule is Br.Br.CC(C)NC(c1ccccc1)C(C)N(C)C(C)C. The minimum absolute atomic E-state index is 0. The van der Waals surface area contributed by atoms with Gasteiger partial charge in [-0.3, -0.25) is 4.90 Å². The van der Waals surface area contributed by atoms with Crippen molar-refractivity contribution >= 4 is 34.0 Å². The number of halogens is 2. The molecule has 20 heavy (non-hydrogen) atoms. The fourth-order valence-corrected chi connectivity index (χ4v) is 2.24. The van der Waals surface area contributed by atoms with Crippen molar-refractivity contribution in [3.63, 3.8) is 0 Å². The van der Waals surface area contributed by atoms with E-state index >= 15 is 0 Å². The van der Waals surface area contributed by atoms with Gasteiger partial charge in [0.05, 0.1) is 0 Å². The molecule has 0 aliphatic carbocycles. The first-order valence-corrected chi connectivity index (χ1v) is 6.96. The highest BCUT2D eigenvalue weighted by Gasteiger charge is 2.24. The van der Waals surface area contributed by atoms with E-state index in [9.17, 15) is 0 Å². The highest BCUT2D eigenvalue weighted by Crippen LogP contribution is 2.22. The monoisotopic (exact) mass is 408 g/mol. The fourth-order valence-electron chi connectivity index (χ4n) is 2.24. The number of nitrogens with one attached hydrogen (secondary N) is 1. The molecule has 0 saturated heterocycles. The van der Waals surface area contributed by atoms with Crippen LogP contribution in [-0.2, 0) is 0 Å². The van der Waals surface area contributed by atoms with E-state index in [1.54, 1.807) is 0 Å². The van der Waals surface area contributed by atoms with Crippen LogP contribution in [0.4, 0.5) is 0 Å². The number of hydrogen-bond acceptors (Lipinski definition) is 2. The van der Waals surface area contributed by atoms with Crippen LogP contribution in [-0.4, -0.2) is 30.1 Å². The van der Waals surface area contributed by atoms with Crippen LogP contribution in [0.2, 0.25) is 0 Å². The third kappa shape index (κ3) is 6.70. The minimum atomic E-state index is 0. The normalized spacial score (nSPS) is 13.8. The molecule has 0 heterocycles. The van der Waals surface area contributed by atoms with E-state index in [0.717, 1.165) is 0 Å². The molecule has 118 valence electrons. The maximum absolute atomic E-state index is 3.69. The lowest BCUT2D eigenvalue weighted by molar-refractivity contribution is 0.163. The molecule has 0 spiro atoms. The molecule has 1 aromatic rings. The van der Waals surface area contributed by atoms with Crippen LogP contribution < -0.4 is 5.32 Å². The molecule has 2 unspecified atom stereocenters.